The van der Waals surface area contributed by atoms with Crippen LogP contribution in [-0.4, -0.2) is 27.8 Å². The van der Waals surface area contributed by atoms with Crippen LogP contribution in [0, 0.1) is 0 Å². The van der Waals surface area contributed by atoms with Crippen LogP contribution in [0.1, 0.15) is 23.0 Å². The Morgan fingerprint density at radius 2 is 1.86 bits per heavy atom. The van der Waals surface area contributed by atoms with Crippen LogP contribution in [0.5, 0.6) is 0 Å². The predicted octanol–water partition coefficient (Wildman–Crippen LogP) is 3.13. The number of halogens is 1. The molecule has 8 heteroatoms. The number of hydrogen-bond donors (Lipinski definition) is 1. The topological polar surface area (TPSA) is 90.3 Å². The van der Waals surface area contributed by atoms with Crippen LogP contribution in [0.4, 0.5) is 5.69 Å². The van der Waals surface area contributed by atoms with Gasteiger partial charge in [-0.3, -0.25) is 9.59 Å². The molecule has 0 radical (unpaired) electrons. The second-order valence-corrected chi connectivity index (χ2v) is 6.68. The van der Waals surface area contributed by atoms with Gasteiger partial charge in [-0.25, -0.2) is 9.48 Å². The van der Waals surface area contributed by atoms with E-state index in [0.29, 0.717) is 10.7 Å². The van der Waals surface area contributed by atoms with E-state index < -0.39 is 18.0 Å². The molecule has 1 amide bonds. The minimum absolute atomic E-state index is 0.0667. The molecule has 1 N–H and O–H groups in total. The molecule has 0 saturated carbocycles. The molecule has 0 fully saturated rings. The number of amides is 1. The number of carbonyl (C=O) groups is 2. The molecular weight excluding hydrogens is 394 g/mol. The van der Waals surface area contributed by atoms with Crippen molar-refractivity contribution in [2.75, 3.05) is 5.32 Å². The third-order valence-electron chi connectivity index (χ3n) is 4.00. The van der Waals surface area contributed by atoms with Crippen LogP contribution in [0.2, 0.25) is 5.02 Å². The van der Waals surface area contributed by atoms with Crippen molar-refractivity contribution in [1.82, 2.24) is 9.78 Å². The second kappa shape index (κ2) is 9.16. The number of esters is 1. The molecule has 0 unspecified atom stereocenters. The van der Waals surface area contributed by atoms with Gasteiger partial charge in [0.05, 0.1) is 6.54 Å². The van der Waals surface area contributed by atoms with Crippen molar-refractivity contribution in [1.29, 1.82) is 0 Å². The van der Waals surface area contributed by atoms with Crippen LogP contribution < -0.4 is 10.9 Å². The Bertz CT molecular complexity index is 1080. The average molecular weight is 412 g/mol. The fourth-order valence-electron chi connectivity index (χ4n) is 2.51. The lowest BCUT2D eigenvalue weighted by Gasteiger charge is -2.14. The highest BCUT2D eigenvalue weighted by atomic mass is 35.5. The van der Waals surface area contributed by atoms with Gasteiger partial charge in [0.2, 0.25) is 0 Å². The molecule has 2 aromatic carbocycles. The molecule has 1 heterocycles. The van der Waals surface area contributed by atoms with Gasteiger partial charge in [0.15, 0.2) is 11.8 Å². The standard InChI is InChI=1S/C21H18ClN3O4/c1-14(20(27)23-17-9-5-8-16(22)12-17)29-21(28)18-10-11-19(26)25(24-18)13-15-6-3-2-4-7-15/h2-12,14H,13H2,1H3,(H,23,27)/t14-/m0/s1. The van der Waals surface area contributed by atoms with Crippen molar-refractivity contribution in [3.05, 3.63) is 93.4 Å². The summed E-state index contributed by atoms with van der Waals surface area (Å²) in [5.74, 6) is -1.32. The van der Waals surface area contributed by atoms with Gasteiger partial charge in [0.25, 0.3) is 11.5 Å². The van der Waals surface area contributed by atoms with Crippen molar-refractivity contribution in [2.45, 2.75) is 19.6 Å². The monoisotopic (exact) mass is 411 g/mol. The van der Waals surface area contributed by atoms with E-state index in [-0.39, 0.29) is 17.8 Å². The van der Waals surface area contributed by atoms with Crippen molar-refractivity contribution in [2.24, 2.45) is 0 Å². The highest BCUT2D eigenvalue weighted by Crippen LogP contribution is 2.15. The first-order valence-electron chi connectivity index (χ1n) is 8.82. The summed E-state index contributed by atoms with van der Waals surface area (Å²) in [6.07, 6.45) is -1.07. The fraction of sp³-hybridized carbons (Fsp3) is 0.143. The molecule has 3 aromatic rings. The molecule has 0 saturated heterocycles. The molecule has 0 aliphatic rings. The van der Waals surface area contributed by atoms with Gasteiger partial charge in [-0.2, -0.15) is 5.10 Å². The maximum Gasteiger partial charge on any atom is 0.359 e. The summed E-state index contributed by atoms with van der Waals surface area (Å²) in [4.78, 5) is 36.7. The van der Waals surface area contributed by atoms with E-state index in [0.717, 1.165) is 5.56 Å². The Kier molecular flexibility index (Phi) is 6.41. The van der Waals surface area contributed by atoms with Crippen LogP contribution in [0.15, 0.2) is 71.5 Å². The summed E-state index contributed by atoms with van der Waals surface area (Å²) in [6, 6.07) is 18.4. The molecule has 0 aliphatic carbocycles. The molecule has 148 valence electrons. The zero-order chi connectivity index (χ0) is 20.8. The molecule has 29 heavy (non-hydrogen) atoms. The molecule has 0 spiro atoms. The number of ether oxygens (including phenoxy) is 1. The van der Waals surface area contributed by atoms with Crippen LogP contribution in [0.25, 0.3) is 0 Å². The minimum atomic E-state index is -1.07. The number of anilines is 1. The van der Waals surface area contributed by atoms with E-state index in [1.165, 1.54) is 23.7 Å². The van der Waals surface area contributed by atoms with E-state index >= 15 is 0 Å². The zero-order valence-electron chi connectivity index (χ0n) is 15.5. The summed E-state index contributed by atoms with van der Waals surface area (Å²) in [5, 5.41) is 7.14. The Hall–Kier alpha value is -3.45. The van der Waals surface area contributed by atoms with Gasteiger partial charge in [-0.05, 0) is 36.8 Å². The van der Waals surface area contributed by atoms with Gasteiger partial charge >= 0.3 is 5.97 Å². The van der Waals surface area contributed by atoms with Crippen LogP contribution in [-0.2, 0) is 16.1 Å². The van der Waals surface area contributed by atoms with Crippen molar-refractivity contribution in [3.63, 3.8) is 0 Å². The third-order valence-corrected chi connectivity index (χ3v) is 4.23. The summed E-state index contributed by atoms with van der Waals surface area (Å²) in [5.41, 5.74) is 0.932. The summed E-state index contributed by atoms with van der Waals surface area (Å²) in [6.45, 7) is 1.66. The first-order chi connectivity index (χ1) is 13.9. The molecular formula is C21H18ClN3O4. The minimum Gasteiger partial charge on any atom is -0.448 e. The van der Waals surface area contributed by atoms with Crippen LogP contribution in [0.3, 0.4) is 0 Å². The summed E-state index contributed by atoms with van der Waals surface area (Å²) >= 11 is 5.89. The molecule has 0 aliphatic heterocycles. The number of benzene rings is 2. The third kappa shape index (κ3) is 5.52. The number of nitrogens with zero attached hydrogens (tertiary/aromatic N) is 2. The first-order valence-corrected chi connectivity index (χ1v) is 9.19. The van der Waals surface area contributed by atoms with Crippen LogP contribution >= 0.6 is 11.6 Å². The van der Waals surface area contributed by atoms with E-state index in [1.807, 2.05) is 30.3 Å². The van der Waals surface area contributed by atoms with E-state index in [1.54, 1.807) is 24.3 Å². The Balaban J connectivity index is 1.67. The SMILES string of the molecule is C[C@H](OC(=O)c1ccc(=O)n(Cc2ccccc2)n1)C(=O)Nc1cccc(Cl)c1. The number of nitrogens with one attached hydrogen (secondary N) is 1. The molecule has 1 aromatic heterocycles. The van der Waals surface area contributed by atoms with Gasteiger partial charge in [0, 0.05) is 16.8 Å². The lowest BCUT2D eigenvalue weighted by atomic mass is 10.2. The average Bonchev–Trinajstić information content (AvgIpc) is 2.70. The molecule has 1 atom stereocenters. The van der Waals surface area contributed by atoms with Gasteiger partial charge < -0.3 is 10.1 Å². The van der Waals surface area contributed by atoms with E-state index in [2.05, 4.69) is 10.4 Å². The number of rotatable bonds is 6. The second-order valence-electron chi connectivity index (χ2n) is 6.25. The quantitative estimate of drug-likeness (QED) is 0.629. The molecule has 0 bridgehead atoms. The smallest absolute Gasteiger partial charge is 0.359 e. The molecule has 3 rings (SSSR count). The van der Waals surface area contributed by atoms with Crippen molar-refractivity contribution < 1.29 is 14.3 Å². The van der Waals surface area contributed by atoms with Crippen molar-refractivity contribution in [3.8, 4) is 0 Å². The number of carbonyl (C=O) groups excluding carboxylic acids is 2. The maximum absolute atomic E-state index is 12.4. The highest BCUT2D eigenvalue weighted by Gasteiger charge is 2.20. The largest absolute Gasteiger partial charge is 0.448 e. The van der Waals surface area contributed by atoms with E-state index in [9.17, 15) is 14.4 Å². The zero-order valence-corrected chi connectivity index (χ0v) is 16.3. The Labute approximate surface area is 171 Å². The lowest BCUT2D eigenvalue weighted by molar-refractivity contribution is -0.123. The maximum atomic E-state index is 12.4. The molecule has 7 nitrogen and oxygen atoms in total. The highest BCUT2D eigenvalue weighted by molar-refractivity contribution is 6.30. The van der Waals surface area contributed by atoms with E-state index in [4.69, 9.17) is 16.3 Å². The number of hydrogen-bond acceptors (Lipinski definition) is 5. The summed E-state index contributed by atoms with van der Waals surface area (Å²) in [7, 11) is 0. The normalized spacial score (nSPS) is 11.5. The first kappa shape index (κ1) is 20.3. The summed E-state index contributed by atoms with van der Waals surface area (Å²) < 4.78 is 6.35. The van der Waals surface area contributed by atoms with Crippen molar-refractivity contribution >= 4 is 29.2 Å². The Morgan fingerprint density at radius 3 is 2.59 bits per heavy atom. The van der Waals surface area contributed by atoms with Gasteiger partial charge in [0.1, 0.15) is 0 Å². The predicted molar refractivity (Wildman–Crippen MR) is 109 cm³/mol. The fourth-order valence-corrected chi connectivity index (χ4v) is 2.70. The lowest BCUT2D eigenvalue weighted by Crippen LogP contribution is -2.31. The Morgan fingerprint density at radius 1 is 1.10 bits per heavy atom. The van der Waals surface area contributed by atoms with Gasteiger partial charge in [-0.15, -0.1) is 0 Å². The number of aromatic nitrogens is 2. The van der Waals surface area contributed by atoms with Gasteiger partial charge in [-0.1, -0.05) is 48.0 Å².